The molecule has 2 aromatic heterocycles. The van der Waals surface area contributed by atoms with Crippen molar-refractivity contribution < 1.29 is 4.42 Å². The highest BCUT2D eigenvalue weighted by atomic mass is 16.4. The summed E-state index contributed by atoms with van der Waals surface area (Å²) in [5.41, 5.74) is 6.15. The van der Waals surface area contributed by atoms with E-state index in [1.54, 1.807) is 12.1 Å². The molecule has 3 N–H and O–H groups in total. The van der Waals surface area contributed by atoms with Crippen LogP contribution in [0.2, 0.25) is 0 Å². The predicted octanol–water partition coefficient (Wildman–Crippen LogP) is 0.0983. The van der Waals surface area contributed by atoms with Crippen molar-refractivity contribution in [3.63, 3.8) is 0 Å². The fraction of sp³-hybridized carbons (Fsp3) is 0. The number of nitrogen functional groups attached to an aromatic ring is 1. The Morgan fingerprint density at radius 2 is 2.36 bits per heavy atom. The van der Waals surface area contributed by atoms with E-state index in [1.807, 2.05) is 0 Å². The predicted molar refractivity (Wildman–Crippen MR) is 39.0 cm³/mol. The largest absolute Gasteiger partial charge is 0.418 e. The molecule has 11 heavy (non-hydrogen) atoms. The van der Waals surface area contributed by atoms with Crippen LogP contribution in [0.15, 0.2) is 21.3 Å². The molecule has 5 nitrogen and oxygen atoms in total. The monoisotopic (exact) mass is 151 g/mol. The van der Waals surface area contributed by atoms with Gasteiger partial charge in [0.25, 0.3) is 5.71 Å². The number of aromatic amines is 1. The first-order chi connectivity index (χ1) is 5.25. The number of nitrogens with zero attached hydrogens (tertiary/aromatic N) is 1. The molecule has 2 aromatic rings. The Balaban J connectivity index is 2.92. The summed E-state index contributed by atoms with van der Waals surface area (Å²) >= 11 is 0. The molecule has 0 spiro atoms. The fourth-order valence-electron chi connectivity index (χ4n) is 0.851. The number of rotatable bonds is 0. The highest BCUT2D eigenvalue weighted by Crippen LogP contribution is 2.07. The van der Waals surface area contributed by atoms with Crippen molar-refractivity contribution in [2.75, 3.05) is 5.73 Å². The van der Waals surface area contributed by atoms with Gasteiger partial charge in [-0.05, 0) is 12.1 Å². The molecular weight excluding hydrogens is 146 g/mol. The van der Waals surface area contributed by atoms with Crippen LogP contribution in [-0.2, 0) is 0 Å². The highest BCUT2D eigenvalue weighted by Gasteiger charge is 2.00. The van der Waals surface area contributed by atoms with Crippen LogP contribution in [0.25, 0.3) is 11.2 Å². The maximum Gasteiger partial charge on any atom is 0.418 e. The van der Waals surface area contributed by atoms with Crippen LogP contribution >= 0.6 is 0 Å². The summed E-state index contributed by atoms with van der Waals surface area (Å²) in [6.45, 7) is 0. The van der Waals surface area contributed by atoms with Crippen LogP contribution in [0, 0.1) is 0 Å². The minimum absolute atomic E-state index is 0.245. The number of oxazole rings is 1. The number of pyridine rings is 1. The van der Waals surface area contributed by atoms with Crippen molar-refractivity contribution in [1.29, 1.82) is 0 Å². The lowest BCUT2D eigenvalue weighted by atomic mass is 10.4. The van der Waals surface area contributed by atoms with E-state index < -0.39 is 5.76 Å². The van der Waals surface area contributed by atoms with Crippen LogP contribution in [0.3, 0.4) is 0 Å². The molecule has 0 aliphatic carbocycles. The third kappa shape index (κ3) is 0.861. The van der Waals surface area contributed by atoms with Gasteiger partial charge in [-0.1, -0.05) is 0 Å². The Hall–Kier alpha value is -1.78. The molecule has 0 saturated heterocycles. The van der Waals surface area contributed by atoms with E-state index in [0.29, 0.717) is 11.3 Å². The fourth-order valence-corrected chi connectivity index (χ4v) is 0.851. The third-order valence-corrected chi connectivity index (χ3v) is 1.31. The molecule has 0 radical (unpaired) electrons. The quantitative estimate of drug-likeness (QED) is 0.559. The van der Waals surface area contributed by atoms with Crippen LogP contribution in [0.5, 0.6) is 0 Å². The van der Waals surface area contributed by atoms with Crippen molar-refractivity contribution in [3.05, 3.63) is 22.7 Å². The third-order valence-electron chi connectivity index (χ3n) is 1.31. The maximum absolute atomic E-state index is 10.6. The zero-order chi connectivity index (χ0) is 7.84. The van der Waals surface area contributed by atoms with E-state index in [2.05, 4.69) is 14.4 Å². The number of nitrogens with one attached hydrogen (secondary N) is 1. The van der Waals surface area contributed by atoms with Gasteiger partial charge in [0.05, 0.1) is 0 Å². The first kappa shape index (κ1) is 5.96. The second kappa shape index (κ2) is 1.85. The SMILES string of the molecule is Nc1ccc2[nH]c(=O)oc2n1. The normalized spacial score (nSPS) is 10.5. The van der Waals surface area contributed by atoms with E-state index in [1.165, 1.54) is 0 Å². The van der Waals surface area contributed by atoms with Crippen molar-refractivity contribution in [2.45, 2.75) is 0 Å². The number of fused-ring (bicyclic) bond motifs is 1. The van der Waals surface area contributed by atoms with Crippen molar-refractivity contribution >= 4 is 17.0 Å². The molecule has 2 rings (SSSR count). The minimum Gasteiger partial charge on any atom is -0.389 e. The van der Waals surface area contributed by atoms with Gasteiger partial charge in [0.2, 0.25) is 0 Å². The first-order valence-corrected chi connectivity index (χ1v) is 3.01. The molecule has 0 aliphatic heterocycles. The lowest BCUT2D eigenvalue weighted by Gasteiger charge is -1.87. The molecule has 0 bridgehead atoms. The van der Waals surface area contributed by atoms with E-state index in [9.17, 15) is 4.79 Å². The van der Waals surface area contributed by atoms with Crippen LogP contribution in [0.1, 0.15) is 0 Å². The molecular formula is C6H5N3O2. The van der Waals surface area contributed by atoms with Crippen LogP contribution in [0.4, 0.5) is 5.82 Å². The van der Waals surface area contributed by atoms with Crippen molar-refractivity contribution in [2.24, 2.45) is 0 Å². The van der Waals surface area contributed by atoms with Gasteiger partial charge < -0.3 is 10.2 Å². The number of anilines is 1. The van der Waals surface area contributed by atoms with E-state index in [-0.39, 0.29) is 5.71 Å². The average Bonchev–Trinajstić information content (AvgIpc) is 2.27. The molecule has 0 amide bonds. The number of hydrogen-bond donors (Lipinski definition) is 2. The summed E-state index contributed by atoms with van der Waals surface area (Å²) in [6.07, 6.45) is 0. The molecule has 0 fully saturated rings. The van der Waals surface area contributed by atoms with Gasteiger partial charge in [-0.2, -0.15) is 4.98 Å². The Morgan fingerprint density at radius 3 is 3.18 bits per heavy atom. The summed E-state index contributed by atoms with van der Waals surface area (Å²) in [5.74, 6) is -0.182. The minimum atomic E-state index is -0.516. The molecule has 0 aliphatic rings. The van der Waals surface area contributed by atoms with Crippen LogP contribution in [-0.4, -0.2) is 9.97 Å². The Morgan fingerprint density at radius 1 is 1.55 bits per heavy atom. The van der Waals surface area contributed by atoms with E-state index in [4.69, 9.17) is 5.73 Å². The number of nitrogens with two attached hydrogens (primary N) is 1. The smallest absolute Gasteiger partial charge is 0.389 e. The van der Waals surface area contributed by atoms with Crippen molar-refractivity contribution in [3.8, 4) is 0 Å². The van der Waals surface area contributed by atoms with Gasteiger partial charge in [0.1, 0.15) is 11.3 Å². The standard InChI is InChI=1S/C6H5N3O2/c7-4-2-1-3-5(9-4)11-6(10)8-3/h1-2H,(H2,7,9)(H,8,10). The topological polar surface area (TPSA) is 84.9 Å². The van der Waals surface area contributed by atoms with E-state index >= 15 is 0 Å². The van der Waals surface area contributed by atoms with Gasteiger partial charge in [-0.25, -0.2) is 4.79 Å². The molecule has 2 heterocycles. The maximum atomic E-state index is 10.6. The van der Waals surface area contributed by atoms with Crippen LogP contribution < -0.4 is 11.5 Å². The number of aromatic nitrogens is 2. The van der Waals surface area contributed by atoms with Gasteiger partial charge in [-0.3, -0.25) is 4.98 Å². The van der Waals surface area contributed by atoms with Gasteiger partial charge >= 0.3 is 5.76 Å². The summed E-state index contributed by atoms with van der Waals surface area (Å²) in [6, 6.07) is 3.23. The Labute approximate surface area is 60.8 Å². The molecule has 0 atom stereocenters. The number of H-pyrrole nitrogens is 1. The summed E-state index contributed by atoms with van der Waals surface area (Å²) in [4.78, 5) is 16.8. The molecule has 0 saturated carbocycles. The highest BCUT2D eigenvalue weighted by molar-refractivity contribution is 5.69. The average molecular weight is 151 g/mol. The summed E-state index contributed by atoms with van der Waals surface area (Å²) < 4.78 is 4.65. The molecule has 5 heteroatoms. The number of hydrogen-bond acceptors (Lipinski definition) is 4. The Kier molecular flexibility index (Phi) is 1.00. The second-order valence-electron chi connectivity index (χ2n) is 2.10. The lowest BCUT2D eigenvalue weighted by molar-refractivity contribution is 0.546. The molecule has 0 aromatic carbocycles. The molecule has 0 unspecified atom stereocenters. The lowest BCUT2D eigenvalue weighted by Crippen LogP contribution is -1.92. The summed E-state index contributed by atoms with van der Waals surface area (Å²) in [7, 11) is 0. The van der Waals surface area contributed by atoms with Gasteiger partial charge in [0.15, 0.2) is 0 Å². The van der Waals surface area contributed by atoms with E-state index in [0.717, 1.165) is 0 Å². The van der Waals surface area contributed by atoms with Crippen molar-refractivity contribution in [1.82, 2.24) is 9.97 Å². The summed E-state index contributed by atoms with van der Waals surface area (Å²) in [5, 5.41) is 0. The molecule has 56 valence electrons. The second-order valence-corrected chi connectivity index (χ2v) is 2.10. The zero-order valence-electron chi connectivity index (χ0n) is 5.50. The van der Waals surface area contributed by atoms with Gasteiger partial charge in [-0.15, -0.1) is 0 Å². The Bertz CT molecular complexity index is 442. The first-order valence-electron chi connectivity index (χ1n) is 3.01. The zero-order valence-corrected chi connectivity index (χ0v) is 5.50. The van der Waals surface area contributed by atoms with Gasteiger partial charge in [0, 0.05) is 0 Å².